The SMILES string of the molecule is CC(=O)N1CCN(C(=O)c2cc3c(C(F)F)nn(C)c3s2)CC12CCCCC2. The van der Waals surface area contributed by atoms with Gasteiger partial charge in [0.25, 0.3) is 12.3 Å². The molecule has 2 aromatic rings. The summed E-state index contributed by atoms with van der Waals surface area (Å²) in [6.07, 6.45) is 2.40. The number of hydrogen-bond donors (Lipinski definition) is 0. The highest BCUT2D eigenvalue weighted by Gasteiger charge is 2.45. The fraction of sp³-hybridized carbons (Fsp3) is 0.632. The quantitative estimate of drug-likeness (QED) is 0.760. The Balaban J connectivity index is 1.62. The van der Waals surface area contributed by atoms with Crippen molar-refractivity contribution in [2.45, 2.75) is 51.0 Å². The molecule has 2 amide bonds. The minimum absolute atomic E-state index is 0.0588. The van der Waals surface area contributed by atoms with Crippen LogP contribution in [0.25, 0.3) is 10.2 Å². The first-order chi connectivity index (χ1) is 13.3. The number of halogens is 2. The van der Waals surface area contributed by atoms with E-state index in [1.165, 1.54) is 16.0 Å². The van der Waals surface area contributed by atoms with E-state index in [1.54, 1.807) is 24.9 Å². The van der Waals surface area contributed by atoms with Gasteiger partial charge < -0.3 is 9.80 Å². The van der Waals surface area contributed by atoms with E-state index in [4.69, 9.17) is 0 Å². The van der Waals surface area contributed by atoms with Crippen molar-refractivity contribution in [3.05, 3.63) is 16.6 Å². The summed E-state index contributed by atoms with van der Waals surface area (Å²) in [6.45, 7) is 3.10. The predicted octanol–water partition coefficient (Wildman–Crippen LogP) is 3.58. The first kappa shape index (κ1) is 19.3. The molecular formula is C19H24F2N4O2S. The van der Waals surface area contributed by atoms with Gasteiger partial charge in [0.05, 0.1) is 10.4 Å². The molecule has 4 rings (SSSR count). The Morgan fingerprint density at radius 2 is 1.93 bits per heavy atom. The molecule has 0 bridgehead atoms. The Labute approximate surface area is 166 Å². The summed E-state index contributed by atoms with van der Waals surface area (Å²) in [5.74, 6) is -0.0851. The normalized spacial score (nSPS) is 19.8. The second kappa shape index (κ2) is 7.09. The van der Waals surface area contributed by atoms with E-state index in [1.807, 2.05) is 4.90 Å². The maximum atomic E-state index is 13.2. The number of thiophene rings is 1. The number of rotatable bonds is 2. The van der Waals surface area contributed by atoms with Crippen molar-refractivity contribution in [3.63, 3.8) is 0 Å². The molecule has 1 saturated carbocycles. The fourth-order valence-electron chi connectivity index (χ4n) is 4.77. The Kier molecular flexibility index (Phi) is 4.89. The van der Waals surface area contributed by atoms with E-state index in [0.29, 0.717) is 34.7 Å². The third-order valence-electron chi connectivity index (χ3n) is 6.06. The average Bonchev–Trinajstić information content (AvgIpc) is 3.22. The van der Waals surface area contributed by atoms with Crippen LogP contribution in [0.5, 0.6) is 0 Å². The predicted molar refractivity (Wildman–Crippen MR) is 103 cm³/mol. The lowest BCUT2D eigenvalue weighted by molar-refractivity contribution is -0.141. The van der Waals surface area contributed by atoms with Gasteiger partial charge in [-0.2, -0.15) is 5.10 Å². The largest absolute Gasteiger partial charge is 0.334 e. The summed E-state index contributed by atoms with van der Waals surface area (Å²) in [4.78, 5) is 30.1. The number of nitrogens with zero attached hydrogens (tertiary/aromatic N) is 4. The number of amides is 2. The summed E-state index contributed by atoms with van der Waals surface area (Å²) in [5.41, 5.74) is -0.567. The van der Waals surface area contributed by atoms with E-state index in [0.717, 1.165) is 32.1 Å². The van der Waals surface area contributed by atoms with Crippen LogP contribution in [0.4, 0.5) is 8.78 Å². The molecule has 28 heavy (non-hydrogen) atoms. The van der Waals surface area contributed by atoms with Gasteiger partial charge in [-0.3, -0.25) is 14.3 Å². The van der Waals surface area contributed by atoms with E-state index in [2.05, 4.69) is 5.10 Å². The van der Waals surface area contributed by atoms with Crippen LogP contribution in [0.3, 0.4) is 0 Å². The minimum Gasteiger partial charge on any atom is -0.334 e. The number of aryl methyl sites for hydroxylation is 1. The zero-order valence-corrected chi connectivity index (χ0v) is 16.9. The molecular weight excluding hydrogens is 386 g/mol. The summed E-state index contributed by atoms with van der Waals surface area (Å²) < 4.78 is 27.9. The number of alkyl halides is 2. The van der Waals surface area contributed by atoms with Crippen LogP contribution in [0.15, 0.2) is 6.07 Å². The molecule has 3 heterocycles. The molecule has 1 saturated heterocycles. The van der Waals surface area contributed by atoms with Crippen LogP contribution in [0.2, 0.25) is 0 Å². The Morgan fingerprint density at radius 1 is 1.21 bits per heavy atom. The van der Waals surface area contributed by atoms with Crippen molar-refractivity contribution in [1.29, 1.82) is 0 Å². The standard InChI is InChI=1S/C19H24F2N4O2S/c1-12(26)25-9-8-24(11-19(25)6-4-3-5-7-19)17(27)14-10-13-15(16(20)21)22-23(2)18(13)28-14/h10,16H,3-9,11H2,1-2H3. The maximum Gasteiger partial charge on any atom is 0.282 e. The summed E-state index contributed by atoms with van der Waals surface area (Å²) in [7, 11) is 1.61. The van der Waals surface area contributed by atoms with Gasteiger partial charge in [0, 0.05) is 39.0 Å². The van der Waals surface area contributed by atoms with Gasteiger partial charge in [-0.25, -0.2) is 8.78 Å². The molecule has 1 aliphatic heterocycles. The second-order valence-electron chi connectivity index (χ2n) is 7.82. The molecule has 2 fully saturated rings. The third-order valence-corrected chi connectivity index (χ3v) is 7.25. The highest BCUT2D eigenvalue weighted by Crippen LogP contribution is 2.38. The smallest absolute Gasteiger partial charge is 0.282 e. The van der Waals surface area contributed by atoms with Gasteiger partial charge in [0.1, 0.15) is 10.5 Å². The zero-order valence-electron chi connectivity index (χ0n) is 16.1. The van der Waals surface area contributed by atoms with Crippen LogP contribution in [0, 0.1) is 0 Å². The topological polar surface area (TPSA) is 58.4 Å². The minimum atomic E-state index is -2.68. The summed E-state index contributed by atoms with van der Waals surface area (Å²) >= 11 is 1.20. The highest BCUT2D eigenvalue weighted by molar-refractivity contribution is 7.20. The Bertz CT molecular complexity index is 917. The molecule has 0 unspecified atom stereocenters. The monoisotopic (exact) mass is 410 g/mol. The number of fused-ring (bicyclic) bond motifs is 1. The van der Waals surface area contributed by atoms with Crippen molar-refractivity contribution in [2.24, 2.45) is 7.05 Å². The molecule has 1 aliphatic carbocycles. The first-order valence-corrected chi connectivity index (χ1v) is 10.5. The van der Waals surface area contributed by atoms with Crippen molar-refractivity contribution in [1.82, 2.24) is 19.6 Å². The van der Waals surface area contributed by atoms with Gasteiger partial charge in [-0.15, -0.1) is 11.3 Å². The van der Waals surface area contributed by atoms with E-state index in [-0.39, 0.29) is 23.0 Å². The molecule has 0 radical (unpaired) electrons. The highest BCUT2D eigenvalue weighted by atomic mass is 32.1. The van der Waals surface area contributed by atoms with Crippen LogP contribution in [-0.4, -0.2) is 56.6 Å². The van der Waals surface area contributed by atoms with Crippen molar-refractivity contribution >= 4 is 33.4 Å². The molecule has 0 N–H and O–H groups in total. The molecule has 152 valence electrons. The summed E-state index contributed by atoms with van der Waals surface area (Å²) in [5, 5.41) is 4.22. The molecule has 0 atom stereocenters. The van der Waals surface area contributed by atoms with Gasteiger partial charge in [-0.05, 0) is 18.9 Å². The molecule has 1 spiro atoms. The fourth-order valence-corrected chi connectivity index (χ4v) is 5.82. The molecule has 9 heteroatoms. The molecule has 6 nitrogen and oxygen atoms in total. The zero-order chi connectivity index (χ0) is 20.1. The maximum absolute atomic E-state index is 13.2. The van der Waals surface area contributed by atoms with E-state index < -0.39 is 6.43 Å². The van der Waals surface area contributed by atoms with Crippen molar-refractivity contribution in [3.8, 4) is 0 Å². The number of hydrogen-bond acceptors (Lipinski definition) is 4. The molecule has 2 aromatic heterocycles. The summed E-state index contributed by atoms with van der Waals surface area (Å²) in [6, 6.07) is 1.54. The van der Waals surface area contributed by atoms with Crippen molar-refractivity contribution in [2.75, 3.05) is 19.6 Å². The molecule has 2 aliphatic rings. The van der Waals surface area contributed by atoms with Gasteiger partial charge in [0.2, 0.25) is 5.91 Å². The lowest BCUT2D eigenvalue weighted by Crippen LogP contribution is -2.65. The van der Waals surface area contributed by atoms with Crippen molar-refractivity contribution < 1.29 is 18.4 Å². The van der Waals surface area contributed by atoms with E-state index in [9.17, 15) is 18.4 Å². The van der Waals surface area contributed by atoms with Gasteiger partial charge in [0.15, 0.2) is 0 Å². The van der Waals surface area contributed by atoms with Crippen LogP contribution < -0.4 is 0 Å². The van der Waals surface area contributed by atoms with Crippen LogP contribution in [-0.2, 0) is 11.8 Å². The van der Waals surface area contributed by atoms with Gasteiger partial charge in [-0.1, -0.05) is 19.3 Å². The Hall–Kier alpha value is -2.03. The molecule has 0 aromatic carbocycles. The Morgan fingerprint density at radius 3 is 2.57 bits per heavy atom. The first-order valence-electron chi connectivity index (χ1n) is 9.64. The number of carbonyl (C=O) groups is 2. The number of piperazine rings is 1. The lowest BCUT2D eigenvalue weighted by atomic mass is 9.78. The van der Waals surface area contributed by atoms with Crippen LogP contribution >= 0.6 is 11.3 Å². The number of aromatic nitrogens is 2. The van der Waals surface area contributed by atoms with Crippen LogP contribution in [0.1, 0.15) is 60.8 Å². The lowest BCUT2D eigenvalue weighted by Gasteiger charge is -2.52. The van der Waals surface area contributed by atoms with E-state index >= 15 is 0 Å². The third kappa shape index (κ3) is 3.09. The second-order valence-corrected chi connectivity index (χ2v) is 8.85. The number of carbonyl (C=O) groups excluding carboxylic acids is 2. The van der Waals surface area contributed by atoms with Gasteiger partial charge >= 0.3 is 0 Å². The average molecular weight is 410 g/mol.